The van der Waals surface area contributed by atoms with E-state index >= 15 is 0 Å². The molecule has 1 heterocycles. The molecule has 0 spiro atoms. The van der Waals surface area contributed by atoms with E-state index in [4.69, 9.17) is 46.3 Å². The first-order valence-electron chi connectivity index (χ1n) is 5.33. The van der Waals surface area contributed by atoms with Crippen LogP contribution in [0.2, 0.25) is 10.0 Å². The predicted octanol–water partition coefficient (Wildman–Crippen LogP) is 2.10. The highest BCUT2D eigenvalue weighted by molar-refractivity contribution is 7.83. The van der Waals surface area contributed by atoms with Crippen molar-refractivity contribution in [1.29, 1.82) is 0 Å². The summed E-state index contributed by atoms with van der Waals surface area (Å²) in [6.07, 6.45) is 1.45. The van der Waals surface area contributed by atoms with Crippen molar-refractivity contribution in [3.63, 3.8) is 0 Å². The second-order valence-electron chi connectivity index (χ2n) is 4.03. The van der Waals surface area contributed by atoms with Crippen LogP contribution in [0.1, 0.15) is 11.3 Å². The minimum absolute atomic E-state index is 0.00286. The van der Waals surface area contributed by atoms with Crippen LogP contribution in [-0.4, -0.2) is 19.0 Å². The molecule has 0 amide bonds. The van der Waals surface area contributed by atoms with Gasteiger partial charge in [-0.05, 0) is 24.6 Å². The van der Waals surface area contributed by atoms with Gasteiger partial charge in [0.25, 0.3) is 0 Å². The van der Waals surface area contributed by atoms with E-state index < -0.39 is 11.0 Å². The van der Waals surface area contributed by atoms with E-state index in [0.717, 1.165) is 5.56 Å². The molecule has 20 heavy (non-hydrogen) atoms. The van der Waals surface area contributed by atoms with Crippen LogP contribution >= 0.6 is 35.4 Å². The fraction of sp³-hybridized carbons (Fsp3) is 0.0909. The van der Waals surface area contributed by atoms with Crippen LogP contribution < -0.4 is 10.9 Å². The summed E-state index contributed by atoms with van der Waals surface area (Å²) >= 11 is 17.2. The molecule has 106 valence electrons. The predicted molar refractivity (Wildman–Crippen MR) is 84.8 cm³/mol. The molecule has 0 saturated carbocycles. The Kier molecular flexibility index (Phi) is 4.46. The molecular weight excluding hydrogens is 339 g/mol. The van der Waals surface area contributed by atoms with Gasteiger partial charge in [0.1, 0.15) is 32.3 Å². The van der Waals surface area contributed by atoms with E-state index in [1.54, 1.807) is 12.1 Å². The summed E-state index contributed by atoms with van der Waals surface area (Å²) in [4.78, 5) is 0.224. The Morgan fingerprint density at radius 3 is 2.35 bits per heavy atom. The number of rotatable bonds is 3. The molecule has 0 radical (unpaired) electrons. The highest BCUT2D eigenvalue weighted by Crippen LogP contribution is 2.30. The molecule has 2 rings (SSSR count). The summed E-state index contributed by atoms with van der Waals surface area (Å²) in [5, 5.41) is 10.4. The van der Waals surface area contributed by atoms with Crippen LogP contribution in [0.4, 0.5) is 0 Å². The Morgan fingerprint density at radius 1 is 1.40 bits per heavy atom. The summed E-state index contributed by atoms with van der Waals surface area (Å²) in [7, 11) is -1.77. The average Bonchev–Trinajstić information content (AvgIpc) is 2.72. The van der Waals surface area contributed by atoms with Crippen molar-refractivity contribution >= 4 is 51.4 Å². The Balaban J connectivity index is 2.69. The Hall–Kier alpha value is -0.990. The van der Waals surface area contributed by atoms with Crippen LogP contribution in [0.15, 0.2) is 23.2 Å². The summed E-state index contributed by atoms with van der Waals surface area (Å²) in [6.45, 7) is 1.87. The lowest BCUT2D eigenvalue weighted by Gasteiger charge is -2.08. The van der Waals surface area contributed by atoms with Crippen molar-refractivity contribution < 1.29 is 4.21 Å². The Bertz CT molecular complexity index is 675. The zero-order chi connectivity index (χ0) is 15.0. The molecule has 4 N–H and O–H groups in total. The maximum atomic E-state index is 11.5. The average molecular weight is 349 g/mol. The van der Waals surface area contributed by atoms with Crippen LogP contribution in [-0.2, 0) is 11.0 Å². The molecule has 0 aliphatic heterocycles. The van der Waals surface area contributed by atoms with Crippen molar-refractivity contribution in [1.82, 2.24) is 9.78 Å². The monoisotopic (exact) mass is 348 g/mol. The first kappa shape index (κ1) is 15.4. The van der Waals surface area contributed by atoms with Gasteiger partial charge in [0, 0.05) is 6.20 Å². The maximum Gasteiger partial charge on any atom is 0.137 e. The van der Waals surface area contributed by atoms with E-state index in [2.05, 4.69) is 5.10 Å². The van der Waals surface area contributed by atoms with Crippen LogP contribution in [0.3, 0.4) is 0 Å². The molecule has 1 unspecified atom stereocenters. The van der Waals surface area contributed by atoms with Gasteiger partial charge in [-0.25, -0.2) is 14.0 Å². The molecule has 1 aromatic carbocycles. The highest BCUT2D eigenvalue weighted by Gasteiger charge is 2.18. The highest BCUT2D eigenvalue weighted by atomic mass is 35.5. The smallest absolute Gasteiger partial charge is 0.137 e. The fourth-order valence-corrected chi connectivity index (χ4v) is 3.23. The molecule has 5 nitrogen and oxygen atoms in total. The maximum absolute atomic E-state index is 11.5. The van der Waals surface area contributed by atoms with Crippen LogP contribution in [0.25, 0.3) is 5.69 Å². The molecule has 2 aromatic rings. The third-order valence-corrected chi connectivity index (χ3v) is 4.02. The Morgan fingerprint density at radius 2 is 1.95 bits per heavy atom. The Labute approximate surface area is 133 Å². The van der Waals surface area contributed by atoms with Gasteiger partial charge in [-0.1, -0.05) is 35.4 Å². The minimum atomic E-state index is -1.77. The quantitative estimate of drug-likeness (QED) is 0.831. The topological polar surface area (TPSA) is 86.9 Å². The molecule has 0 aliphatic rings. The molecule has 1 aromatic heterocycles. The van der Waals surface area contributed by atoms with Gasteiger partial charge >= 0.3 is 0 Å². The van der Waals surface area contributed by atoms with Crippen molar-refractivity contribution in [3.05, 3.63) is 39.6 Å². The number of halogens is 2. The number of benzene rings is 1. The number of nitrogens with zero attached hydrogens (tertiary/aromatic N) is 2. The van der Waals surface area contributed by atoms with Gasteiger partial charge in [-0.3, -0.25) is 0 Å². The van der Waals surface area contributed by atoms with Gasteiger partial charge in [0.05, 0.1) is 10.0 Å². The second-order valence-corrected chi connectivity index (χ2v) is 6.31. The molecule has 0 saturated heterocycles. The summed E-state index contributed by atoms with van der Waals surface area (Å²) in [5.41, 5.74) is 7.09. The normalized spacial score (nSPS) is 12.4. The SMILES string of the molecule is Cc1cc(Cl)c(-n2cc(S(N)=O)c(C(N)=S)n2)c(Cl)c1. The largest absolute Gasteiger partial charge is 0.388 e. The van der Waals surface area contributed by atoms with E-state index in [1.165, 1.54) is 10.9 Å². The zero-order valence-electron chi connectivity index (χ0n) is 10.3. The van der Waals surface area contributed by atoms with Crippen molar-refractivity contribution in [2.45, 2.75) is 11.8 Å². The molecule has 0 fully saturated rings. The molecule has 0 aliphatic carbocycles. The fourth-order valence-electron chi connectivity index (χ4n) is 1.70. The van der Waals surface area contributed by atoms with Crippen LogP contribution in [0.5, 0.6) is 0 Å². The van der Waals surface area contributed by atoms with Crippen LogP contribution in [0, 0.1) is 6.92 Å². The van der Waals surface area contributed by atoms with Crippen molar-refractivity contribution in [3.8, 4) is 5.69 Å². The first-order chi connectivity index (χ1) is 9.31. The number of aromatic nitrogens is 2. The van der Waals surface area contributed by atoms with E-state index in [1.807, 2.05) is 6.92 Å². The second kappa shape index (κ2) is 5.79. The molecular formula is C11H10Cl2N4OS2. The number of thiocarbonyl (C=S) groups is 1. The summed E-state index contributed by atoms with van der Waals surface area (Å²) in [6, 6.07) is 3.48. The van der Waals surface area contributed by atoms with Gasteiger partial charge in [0.2, 0.25) is 0 Å². The standard InChI is InChI=1S/C11H10Cl2N4OS2/c1-5-2-6(12)10(7(13)3-5)17-4-8(20(15)18)9(16-17)11(14)19/h2-4H,15H2,1H3,(H2,14,19). The van der Waals surface area contributed by atoms with Gasteiger partial charge in [-0.2, -0.15) is 5.10 Å². The lowest BCUT2D eigenvalue weighted by molar-refractivity contribution is 0.684. The van der Waals surface area contributed by atoms with Crippen molar-refractivity contribution in [2.24, 2.45) is 10.9 Å². The third-order valence-electron chi connectivity index (χ3n) is 2.52. The first-order valence-corrected chi connectivity index (χ1v) is 7.70. The number of hydrogen-bond acceptors (Lipinski definition) is 3. The molecule has 0 bridgehead atoms. The number of nitrogens with two attached hydrogens (primary N) is 2. The minimum Gasteiger partial charge on any atom is -0.388 e. The van der Waals surface area contributed by atoms with E-state index in [-0.39, 0.29) is 15.6 Å². The van der Waals surface area contributed by atoms with Gasteiger partial charge < -0.3 is 5.73 Å². The lowest BCUT2D eigenvalue weighted by atomic mass is 10.2. The number of hydrogen-bond donors (Lipinski definition) is 2. The van der Waals surface area contributed by atoms with Gasteiger partial charge in [-0.15, -0.1) is 0 Å². The van der Waals surface area contributed by atoms with Gasteiger partial charge in [0.15, 0.2) is 0 Å². The molecule has 9 heteroatoms. The van der Waals surface area contributed by atoms with E-state index in [9.17, 15) is 4.21 Å². The van der Waals surface area contributed by atoms with E-state index in [0.29, 0.717) is 15.7 Å². The summed E-state index contributed by atoms with van der Waals surface area (Å²) in [5.74, 6) is 0. The third kappa shape index (κ3) is 2.87. The molecule has 1 atom stereocenters. The summed E-state index contributed by atoms with van der Waals surface area (Å²) < 4.78 is 12.9. The number of aryl methyl sites for hydroxylation is 1. The van der Waals surface area contributed by atoms with Crippen molar-refractivity contribution in [2.75, 3.05) is 0 Å². The lowest BCUT2D eigenvalue weighted by Crippen LogP contribution is -2.15. The zero-order valence-corrected chi connectivity index (χ0v) is 13.4.